The van der Waals surface area contributed by atoms with Gasteiger partial charge in [-0.3, -0.25) is 0 Å². The molecule has 0 bridgehead atoms. The SMILES string of the molecule is Oc1ccc(COC2=CC=CCCCC2)c(COC2=CC=CCCCC2)c1COC1=CC=CCCCC1. The topological polar surface area (TPSA) is 47.9 Å². The van der Waals surface area contributed by atoms with Crippen molar-refractivity contribution in [2.45, 2.75) is 96.9 Å². The average molecular weight is 503 g/mol. The normalized spacial score (nSPS) is 18.6. The fraction of sp³-hybridized carbons (Fsp3) is 0.455. The third kappa shape index (κ3) is 9.03. The molecule has 0 radical (unpaired) electrons. The first kappa shape index (κ1) is 26.9. The van der Waals surface area contributed by atoms with Gasteiger partial charge in [0.05, 0.1) is 17.3 Å². The summed E-state index contributed by atoms with van der Waals surface area (Å²) in [6.07, 6.45) is 32.1. The quantitative estimate of drug-likeness (QED) is 0.366. The Kier molecular flexibility index (Phi) is 11.0. The second-order valence-corrected chi connectivity index (χ2v) is 9.99. The molecule has 3 aliphatic carbocycles. The van der Waals surface area contributed by atoms with Gasteiger partial charge in [0, 0.05) is 30.4 Å². The molecule has 198 valence electrons. The van der Waals surface area contributed by atoms with Crippen molar-refractivity contribution in [3.8, 4) is 5.75 Å². The van der Waals surface area contributed by atoms with Crippen molar-refractivity contribution in [3.63, 3.8) is 0 Å². The van der Waals surface area contributed by atoms with Crippen LogP contribution in [0.15, 0.2) is 84.1 Å². The van der Waals surface area contributed by atoms with Crippen molar-refractivity contribution in [2.75, 3.05) is 0 Å². The molecule has 1 aromatic carbocycles. The Balaban J connectivity index is 1.54. The van der Waals surface area contributed by atoms with E-state index < -0.39 is 0 Å². The zero-order valence-electron chi connectivity index (χ0n) is 22.1. The maximum Gasteiger partial charge on any atom is 0.122 e. The summed E-state index contributed by atoms with van der Waals surface area (Å²) in [6, 6.07) is 3.72. The molecule has 0 fully saturated rings. The van der Waals surface area contributed by atoms with Crippen LogP contribution in [0.3, 0.4) is 0 Å². The van der Waals surface area contributed by atoms with E-state index >= 15 is 0 Å². The number of rotatable bonds is 9. The number of ether oxygens (including phenoxy) is 3. The number of phenolic OH excluding ortho intramolecular Hbond substituents is 1. The lowest BCUT2D eigenvalue weighted by atomic mass is 10.0. The second-order valence-electron chi connectivity index (χ2n) is 9.99. The van der Waals surface area contributed by atoms with Crippen LogP contribution >= 0.6 is 0 Å². The van der Waals surface area contributed by atoms with Crippen molar-refractivity contribution in [2.24, 2.45) is 0 Å². The van der Waals surface area contributed by atoms with Crippen molar-refractivity contribution in [1.29, 1.82) is 0 Å². The predicted octanol–water partition coefficient (Wildman–Crippen LogP) is 8.98. The summed E-state index contributed by atoms with van der Waals surface area (Å²) in [5.74, 6) is 3.19. The van der Waals surface area contributed by atoms with Crippen LogP contribution in [0, 0.1) is 0 Å². The first-order valence-electron chi connectivity index (χ1n) is 14.1. The number of phenols is 1. The Labute approximate surface area is 222 Å². The van der Waals surface area contributed by atoms with E-state index in [1.807, 2.05) is 6.07 Å². The Morgan fingerprint density at radius 2 is 1.00 bits per heavy atom. The van der Waals surface area contributed by atoms with E-state index in [2.05, 4.69) is 54.7 Å². The number of aromatic hydroxyl groups is 1. The number of allylic oxidation sites excluding steroid dienone is 12. The highest BCUT2D eigenvalue weighted by Crippen LogP contribution is 2.30. The highest BCUT2D eigenvalue weighted by atomic mass is 16.5. The number of hydrogen-bond donors (Lipinski definition) is 1. The van der Waals surface area contributed by atoms with Gasteiger partial charge >= 0.3 is 0 Å². The van der Waals surface area contributed by atoms with Gasteiger partial charge in [0.25, 0.3) is 0 Å². The van der Waals surface area contributed by atoms with Crippen LogP contribution in [0.4, 0.5) is 0 Å². The van der Waals surface area contributed by atoms with E-state index in [1.54, 1.807) is 6.07 Å². The Hall–Kier alpha value is -3.14. The summed E-state index contributed by atoms with van der Waals surface area (Å²) < 4.78 is 18.9. The third-order valence-electron chi connectivity index (χ3n) is 7.11. The van der Waals surface area contributed by atoms with Crippen molar-refractivity contribution < 1.29 is 19.3 Å². The molecule has 0 amide bonds. The molecule has 3 aliphatic rings. The van der Waals surface area contributed by atoms with Gasteiger partial charge in [-0.25, -0.2) is 0 Å². The lowest BCUT2D eigenvalue weighted by molar-refractivity contribution is 0.160. The summed E-state index contributed by atoms with van der Waals surface area (Å²) in [5, 5.41) is 10.9. The summed E-state index contributed by atoms with van der Waals surface area (Å²) in [4.78, 5) is 0. The molecule has 4 rings (SSSR count). The zero-order valence-corrected chi connectivity index (χ0v) is 22.1. The molecule has 0 heterocycles. The van der Waals surface area contributed by atoms with Gasteiger partial charge < -0.3 is 19.3 Å². The number of benzene rings is 1. The van der Waals surface area contributed by atoms with Crippen LogP contribution in [0.1, 0.15) is 93.7 Å². The van der Waals surface area contributed by atoms with Gasteiger partial charge in [-0.15, -0.1) is 0 Å². The van der Waals surface area contributed by atoms with Crippen LogP contribution in [-0.4, -0.2) is 5.11 Å². The smallest absolute Gasteiger partial charge is 0.122 e. The lowest BCUT2D eigenvalue weighted by Gasteiger charge is -2.20. The molecule has 1 aromatic rings. The molecular weight excluding hydrogens is 460 g/mol. The highest BCUT2D eigenvalue weighted by molar-refractivity contribution is 5.44. The first-order valence-corrected chi connectivity index (χ1v) is 14.1. The molecule has 0 aliphatic heterocycles. The van der Waals surface area contributed by atoms with Gasteiger partial charge in [0.2, 0.25) is 0 Å². The Bertz CT molecular complexity index is 1050. The summed E-state index contributed by atoms with van der Waals surface area (Å²) in [5.41, 5.74) is 2.76. The largest absolute Gasteiger partial charge is 0.508 e. The van der Waals surface area contributed by atoms with E-state index in [1.165, 1.54) is 19.3 Å². The van der Waals surface area contributed by atoms with E-state index in [9.17, 15) is 5.11 Å². The van der Waals surface area contributed by atoms with E-state index in [4.69, 9.17) is 14.2 Å². The van der Waals surface area contributed by atoms with Gasteiger partial charge in [0.1, 0.15) is 25.6 Å². The van der Waals surface area contributed by atoms with Crippen LogP contribution in [0.25, 0.3) is 0 Å². The fourth-order valence-corrected chi connectivity index (χ4v) is 4.82. The minimum Gasteiger partial charge on any atom is -0.508 e. The van der Waals surface area contributed by atoms with Crippen LogP contribution in [0.2, 0.25) is 0 Å². The van der Waals surface area contributed by atoms with Crippen LogP contribution in [-0.2, 0) is 34.0 Å². The number of hydrogen-bond acceptors (Lipinski definition) is 4. The predicted molar refractivity (Wildman–Crippen MR) is 150 cm³/mol. The molecular formula is C33H42O4. The second kappa shape index (κ2) is 15.2. The molecule has 0 saturated carbocycles. The molecule has 0 aromatic heterocycles. The highest BCUT2D eigenvalue weighted by Gasteiger charge is 2.17. The Morgan fingerprint density at radius 3 is 1.51 bits per heavy atom. The minimum atomic E-state index is 0.240. The van der Waals surface area contributed by atoms with Crippen LogP contribution < -0.4 is 0 Å². The van der Waals surface area contributed by atoms with E-state index in [-0.39, 0.29) is 5.75 Å². The monoisotopic (exact) mass is 502 g/mol. The Morgan fingerprint density at radius 1 is 0.541 bits per heavy atom. The molecule has 0 saturated heterocycles. The van der Waals surface area contributed by atoms with Crippen LogP contribution in [0.5, 0.6) is 5.75 Å². The third-order valence-corrected chi connectivity index (χ3v) is 7.11. The molecule has 37 heavy (non-hydrogen) atoms. The van der Waals surface area contributed by atoms with Crippen molar-refractivity contribution in [1.82, 2.24) is 0 Å². The van der Waals surface area contributed by atoms with Gasteiger partial charge in [0.15, 0.2) is 0 Å². The van der Waals surface area contributed by atoms with Gasteiger partial charge in [-0.1, -0.05) is 42.5 Å². The fourth-order valence-electron chi connectivity index (χ4n) is 4.82. The summed E-state index contributed by atoms with van der Waals surface area (Å²) >= 11 is 0. The molecule has 0 unspecified atom stereocenters. The summed E-state index contributed by atoms with van der Waals surface area (Å²) in [7, 11) is 0. The molecule has 0 spiro atoms. The van der Waals surface area contributed by atoms with Gasteiger partial charge in [-0.05, 0) is 87.6 Å². The first-order chi connectivity index (χ1) is 18.3. The van der Waals surface area contributed by atoms with Gasteiger partial charge in [-0.2, -0.15) is 0 Å². The molecule has 0 atom stereocenters. The van der Waals surface area contributed by atoms with Crippen molar-refractivity contribution in [3.05, 3.63) is 101 Å². The molecule has 4 nitrogen and oxygen atoms in total. The molecule has 4 heteroatoms. The average Bonchev–Trinajstić information content (AvgIpc) is 2.84. The van der Waals surface area contributed by atoms with E-state index in [0.717, 1.165) is 91.8 Å². The lowest BCUT2D eigenvalue weighted by Crippen LogP contribution is -2.08. The minimum absolute atomic E-state index is 0.240. The van der Waals surface area contributed by atoms with Crippen molar-refractivity contribution >= 4 is 0 Å². The molecule has 1 N–H and O–H groups in total. The maximum atomic E-state index is 10.9. The maximum absolute atomic E-state index is 10.9. The van der Waals surface area contributed by atoms with E-state index in [0.29, 0.717) is 19.8 Å². The standard InChI is InChI=1S/C33H42O4/c34-33-23-22-27(24-35-28-16-10-4-1-5-11-17-28)31(25-36-29-18-12-6-2-7-13-19-29)32(33)26-37-30-20-14-8-3-9-15-21-30/h4,6,8,10,12,14,16,18,20,22-23,34H,1-3,5,7,9,11,13,15,17,19,21,24-26H2. The summed E-state index contributed by atoms with van der Waals surface area (Å²) in [6.45, 7) is 1.13. The zero-order chi connectivity index (χ0) is 25.5.